The number of nitrogens with two attached hydrogens (primary N) is 1. The third kappa shape index (κ3) is 5.82. The van der Waals surface area contributed by atoms with Gasteiger partial charge in [-0.1, -0.05) is 12.1 Å². The molecule has 0 aliphatic carbocycles. The summed E-state index contributed by atoms with van der Waals surface area (Å²) in [4.78, 5) is 27.7. The number of carbonyl (C=O) groups is 2. The highest BCUT2D eigenvalue weighted by molar-refractivity contribution is 5.97. The molecule has 0 unspecified atom stereocenters. The number of alkyl halides is 2. The third-order valence-electron chi connectivity index (χ3n) is 3.85. The summed E-state index contributed by atoms with van der Waals surface area (Å²) in [5, 5.41) is 0. The molecule has 0 spiro atoms. The molecule has 0 atom stereocenters. The number of rotatable bonds is 6. The zero-order valence-electron chi connectivity index (χ0n) is 13.7. The molecule has 1 aliphatic rings. The van der Waals surface area contributed by atoms with Gasteiger partial charge in [-0.05, 0) is 25.1 Å². The van der Waals surface area contributed by atoms with E-state index in [9.17, 15) is 18.4 Å². The van der Waals surface area contributed by atoms with Gasteiger partial charge >= 0.3 is 6.61 Å². The Bertz CT molecular complexity index is 581. The van der Waals surface area contributed by atoms with Gasteiger partial charge in [0, 0.05) is 32.6 Å². The van der Waals surface area contributed by atoms with Crippen LogP contribution in [0.15, 0.2) is 24.3 Å². The van der Waals surface area contributed by atoms with E-state index in [0.717, 1.165) is 0 Å². The SMILES string of the molecule is Cl.NCCCC(=O)N1CCN(C(=O)c2ccccc2OC(F)F)CC1. The van der Waals surface area contributed by atoms with Crippen molar-refractivity contribution in [2.45, 2.75) is 19.5 Å². The Morgan fingerprint density at radius 1 is 1.12 bits per heavy atom. The zero-order chi connectivity index (χ0) is 17.5. The fourth-order valence-corrected chi connectivity index (χ4v) is 2.58. The van der Waals surface area contributed by atoms with Crippen LogP contribution in [0.2, 0.25) is 0 Å². The van der Waals surface area contributed by atoms with Crippen LogP contribution in [0.1, 0.15) is 23.2 Å². The molecule has 0 aromatic heterocycles. The Morgan fingerprint density at radius 3 is 2.32 bits per heavy atom. The third-order valence-corrected chi connectivity index (χ3v) is 3.85. The van der Waals surface area contributed by atoms with Gasteiger partial charge < -0.3 is 20.3 Å². The van der Waals surface area contributed by atoms with E-state index in [2.05, 4.69) is 4.74 Å². The average Bonchev–Trinajstić information content (AvgIpc) is 2.59. The van der Waals surface area contributed by atoms with Crippen molar-refractivity contribution < 1.29 is 23.1 Å². The molecule has 1 aromatic rings. The van der Waals surface area contributed by atoms with Gasteiger partial charge in [0.1, 0.15) is 5.75 Å². The molecule has 0 radical (unpaired) electrons. The Morgan fingerprint density at radius 2 is 1.72 bits per heavy atom. The lowest BCUT2D eigenvalue weighted by molar-refractivity contribution is -0.132. The number of halogens is 3. The Kier molecular flexibility index (Phi) is 8.57. The van der Waals surface area contributed by atoms with Gasteiger partial charge in [-0.2, -0.15) is 8.78 Å². The van der Waals surface area contributed by atoms with Crippen LogP contribution in [0.3, 0.4) is 0 Å². The molecular weight excluding hydrogens is 356 g/mol. The van der Waals surface area contributed by atoms with Crippen LogP contribution in [0.4, 0.5) is 8.78 Å². The molecule has 1 heterocycles. The van der Waals surface area contributed by atoms with Crippen molar-refractivity contribution in [3.63, 3.8) is 0 Å². The van der Waals surface area contributed by atoms with Crippen LogP contribution in [0.5, 0.6) is 5.75 Å². The smallest absolute Gasteiger partial charge is 0.387 e. The standard InChI is InChI=1S/C16H21F2N3O3.ClH/c17-16(18)24-13-5-2-1-4-12(13)15(23)21-10-8-20(9-11-21)14(22)6-3-7-19;/h1-2,4-5,16H,3,6-11,19H2;1H. The van der Waals surface area contributed by atoms with E-state index >= 15 is 0 Å². The van der Waals surface area contributed by atoms with Crippen molar-refractivity contribution >= 4 is 24.2 Å². The number of amides is 2. The zero-order valence-corrected chi connectivity index (χ0v) is 14.5. The molecule has 1 fully saturated rings. The van der Waals surface area contributed by atoms with Crippen LogP contribution in [-0.4, -0.2) is 60.9 Å². The van der Waals surface area contributed by atoms with Crippen molar-refractivity contribution in [1.29, 1.82) is 0 Å². The first-order valence-corrected chi connectivity index (χ1v) is 7.84. The maximum atomic E-state index is 12.5. The summed E-state index contributed by atoms with van der Waals surface area (Å²) < 4.78 is 29.3. The molecule has 9 heteroatoms. The van der Waals surface area contributed by atoms with E-state index in [-0.39, 0.29) is 35.5 Å². The van der Waals surface area contributed by atoms with Gasteiger partial charge in [-0.15, -0.1) is 12.4 Å². The van der Waals surface area contributed by atoms with Gasteiger partial charge in [0.2, 0.25) is 5.91 Å². The van der Waals surface area contributed by atoms with E-state index in [1.54, 1.807) is 15.9 Å². The maximum absolute atomic E-state index is 12.5. The highest BCUT2D eigenvalue weighted by Gasteiger charge is 2.26. The minimum Gasteiger partial charge on any atom is -0.434 e. The predicted molar refractivity (Wildman–Crippen MR) is 91.1 cm³/mol. The van der Waals surface area contributed by atoms with E-state index in [0.29, 0.717) is 45.6 Å². The largest absolute Gasteiger partial charge is 0.434 e. The number of ether oxygens (including phenoxy) is 1. The maximum Gasteiger partial charge on any atom is 0.387 e. The summed E-state index contributed by atoms with van der Waals surface area (Å²) >= 11 is 0. The molecule has 1 aliphatic heterocycles. The van der Waals surface area contributed by atoms with Crippen LogP contribution < -0.4 is 10.5 Å². The molecule has 6 nitrogen and oxygen atoms in total. The van der Waals surface area contributed by atoms with Gasteiger partial charge in [0.05, 0.1) is 5.56 Å². The second-order valence-electron chi connectivity index (χ2n) is 5.44. The second kappa shape index (κ2) is 10.1. The lowest BCUT2D eigenvalue weighted by Gasteiger charge is -2.35. The molecule has 25 heavy (non-hydrogen) atoms. The first-order chi connectivity index (χ1) is 11.5. The number of nitrogens with zero attached hydrogens (tertiary/aromatic N) is 2. The number of benzene rings is 1. The summed E-state index contributed by atoms with van der Waals surface area (Å²) in [5.74, 6) is -0.492. The van der Waals surface area contributed by atoms with Crippen molar-refractivity contribution in [2.75, 3.05) is 32.7 Å². The van der Waals surface area contributed by atoms with Crippen LogP contribution in [0.25, 0.3) is 0 Å². The first-order valence-electron chi connectivity index (χ1n) is 7.84. The first kappa shape index (κ1) is 21.1. The molecule has 140 valence electrons. The lowest BCUT2D eigenvalue weighted by atomic mass is 10.1. The monoisotopic (exact) mass is 377 g/mol. The quantitative estimate of drug-likeness (QED) is 0.819. The van der Waals surface area contributed by atoms with Crippen molar-refractivity contribution in [3.05, 3.63) is 29.8 Å². The summed E-state index contributed by atoms with van der Waals surface area (Å²) in [5.41, 5.74) is 5.49. The van der Waals surface area contributed by atoms with E-state index in [4.69, 9.17) is 5.73 Å². The van der Waals surface area contributed by atoms with E-state index < -0.39 is 6.61 Å². The van der Waals surface area contributed by atoms with Crippen LogP contribution in [-0.2, 0) is 4.79 Å². The molecule has 2 rings (SSSR count). The average molecular weight is 378 g/mol. The summed E-state index contributed by atoms with van der Waals surface area (Å²) in [6.45, 7) is -0.964. The predicted octanol–water partition coefficient (Wildman–Crippen LogP) is 1.73. The minimum absolute atomic E-state index is 0. The number of hydrogen-bond donors (Lipinski definition) is 1. The number of piperazine rings is 1. The molecule has 0 bridgehead atoms. The lowest BCUT2D eigenvalue weighted by Crippen LogP contribution is -2.50. The molecule has 0 saturated carbocycles. The number of carbonyl (C=O) groups excluding carboxylic acids is 2. The molecule has 2 amide bonds. The minimum atomic E-state index is -2.99. The highest BCUT2D eigenvalue weighted by Crippen LogP contribution is 2.22. The Balaban J connectivity index is 0.00000312. The Hall–Kier alpha value is -1.93. The van der Waals surface area contributed by atoms with Gasteiger partial charge in [0.15, 0.2) is 0 Å². The van der Waals surface area contributed by atoms with Crippen molar-refractivity contribution in [3.8, 4) is 5.75 Å². The summed E-state index contributed by atoms with van der Waals surface area (Å²) in [6, 6.07) is 5.92. The number of para-hydroxylation sites is 1. The normalized spacial score (nSPS) is 14.2. The number of hydrogen-bond acceptors (Lipinski definition) is 4. The van der Waals surface area contributed by atoms with Gasteiger partial charge in [-0.25, -0.2) is 0 Å². The topological polar surface area (TPSA) is 75.9 Å². The fourth-order valence-electron chi connectivity index (χ4n) is 2.58. The molecule has 1 saturated heterocycles. The van der Waals surface area contributed by atoms with Gasteiger partial charge in [-0.3, -0.25) is 9.59 Å². The van der Waals surface area contributed by atoms with Gasteiger partial charge in [0.25, 0.3) is 5.91 Å². The molecule has 2 N–H and O–H groups in total. The molecular formula is C16H22ClF2N3O3. The van der Waals surface area contributed by atoms with E-state index in [1.807, 2.05) is 0 Å². The van der Waals surface area contributed by atoms with Crippen LogP contribution >= 0.6 is 12.4 Å². The fraction of sp³-hybridized carbons (Fsp3) is 0.500. The van der Waals surface area contributed by atoms with Crippen molar-refractivity contribution in [1.82, 2.24) is 9.80 Å². The van der Waals surface area contributed by atoms with Crippen LogP contribution in [0, 0.1) is 0 Å². The molecule has 1 aromatic carbocycles. The Labute approximate surface area is 151 Å². The second-order valence-corrected chi connectivity index (χ2v) is 5.44. The summed E-state index contributed by atoms with van der Waals surface area (Å²) in [6.07, 6.45) is 1.03. The highest BCUT2D eigenvalue weighted by atomic mass is 35.5. The van der Waals surface area contributed by atoms with E-state index in [1.165, 1.54) is 18.2 Å². The van der Waals surface area contributed by atoms with Crippen molar-refractivity contribution in [2.24, 2.45) is 5.73 Å². The summed E-state index contributed by atoms with van der Waals surface area (Å²) in [7, 11) is 0.